The lowest BCUT2D eigenvalue weighted by molar-refractivity contribution is -0.136. The van der Waals surface area contributed by atoms with E-state index in [0.29, 0.717) is 13.1 Å². The Labute approximate surface area is 189 Å². The van der Waals surface area contributed by atoms with Crippen molar-refractivity contribution in [3.05, 3.63) is 64.7 Å². The van der Waals surface area contributed by atoms with Gasteiger partial charge < -0.3 is 15.8 Å². The van der Waals surface area contributed by atoms with Crippen molar-refractivity contribution in [2.45, 2.75) is 32.0 Å². The van der Waals surface area contributed by atoms with Gasteiger partial charge in [0.1, 0.15) is 11.8 Å². The fourth-order valence-corrected chi connectivity index (χ4v) is 3.79. The van der Waals surface area contributed by atoms with Crippen molar-refractivity contribution < 1.29 is 28.7 Å². The summed E-state index contributed by atoms with van der Waals surface area (Å²) in [6.07, 6.45) is 0.0866. The largest absolute Gasteiger partial charge is 0.483 e. The van der Waals surface area contributed by atoms with Crippen molar-refractivity contribution in [3.8, 4) is 5.75 Å². The van der Waals surface area contributed by atoms with Crippen molar-refractivity contribution in [2.75, 3.05) is 6.61 Å². The topological polar surface area (TPSA) is 148 Å². The van der Waals surface area contributed by atoms with Crippen LogP contribution in [0.15, 0.2) is 42.5 Å². The summed E-state index contributed by atoms with van der Waals surface area (Å²) >= 11 is 0. The zero-order valence-electron chi connectivity index (χ0n) is 17.6. The van der Waals surface area contributed by atoms with E-state index in [1.165, 1.54) is 18.2 Å². The average molecular weight is 450 g/mol. The lowest BCUT2D eigenvalue weighted by Crippen LogP contribution is -2.54. The fourth-order valence-electron chi connectivity index (χ4n) is 3.79. The third-order valence-corrected chi connectivity index (χ3v) is 5.54. The van der Waals surface area contributed by atoms with Crippen molar-refractivity contribution in [2.24, 2.45) is 5.73 Å². The van der Waals surface area contributed by atoms with Gasteiger partial charge in [-0.05, 0) is 29.7 Å². The number of fused-ring (bicyclic) bond motifs is 1. The number of nitrogens with zero attached hydrogens (tertiary/aromatic N) is 1. The number of benzene rings is 2. The Kier molecular flexibility index (Phi) is 6.18. The van der Waals surface area contributed by atoms with Crippen LogP contribution in [0.1, 0.15) is 44.7 Å². The Hall–Kier alpha value is -4.05. The minimum Gasteiger partial charge on any atom is -0.483 e. The maximum Gasteiger partial charge on any atom is 0.266 e. The van der Waals surface area contributed by atoms with E-state index in [9.17, 15) is 24.0 Å². The number of nitrogens with two attached hydrogens (primary N) is 1. The van der Waals surface area contributed by atoms with Crippen LogP contribution in [0.4, 0.5) is 0 Å². The highest BCUT2D eigenvalue weighted by atomic mass is 16.5. The molecule has 0 bridgehead atoms. The molecule has 4 N–H and O–H groups in total. The summed E-state index contributed by atoms with van der Waals surface area (Å²) in [5.74, 6) is -2.81. The number of hydrogen-bond acceptors (Lipinski definition) is 7. The third kappa shape index (κ3) is 4.46. The normalized spacial score (nSPS) is 17.6. The highest BCUT2D eigenvalue weighted by molar-refractivity contribution is 6.24. The molecule has 1 unspecified atom stereocenters. The first-order chi connectivity index (χ1) is 15.9. The molecule has 0 radical (unpaired) electrons. The van der Waals surface area contributed by atoms with Crippen LogP contribution in [-0.4, -0.2) is 47.1 Å². The maximum absolute atomic E-state index is 13.0. The van der Waals surface area contributed by atoms with E-state index >= 15 is 0 Å². The summed E-state index contributed by atoms with van der Waals surface area (Å²) in [4.78, 5) is 62.5. The molecule has 0 aromatic heterocycles. The van der Waals surface area contributed by atoms with Crippen LogP contribution in [-0.2, 0) is 27.5 Å². The Balaban J connectivity index is 1.41. The minimum absolute atomic E-state index is 0.00243. The summed E-state index contributed by atoms with van der Waals surface area (Å²) in [6.45, 7) is 0.363. The monoisotopic (exact) mass is 450 g/mol. The third-order valence-electron chi connectivity index (χ3n) is 5.54. The van der Waals surface area contributed by atoms with Gasteiger partial charge in [-0.1, -0.05) is 30.3 Å². The van der Waals surface area contributed by atoms with E-state index in [0.717, 1.165) is 16.0 Å². The molecule has 2 aliphatic heterocycles. The number of hydrogen-bond donors (Lipinski definition) is 3. The molecule has 2 aromatic rings. The van der Waals surface area contributed by atoms with Gasteiger partial charge >= 0.3 is 0 Å². The van der Waals surface area contributed by atoms with Crippen LogP contribution in [0.2, 0.25) is 0 Å². The molecule has 0 spiro atoms. The second-order valence-electron chi connectivity index (χ2n) is 7.71. The van der Waals surface area contributed by atoms with Crippen LogP contribution < -0.4 is 21.1 Å². The molecule has 0 aliphatic carbocycles. The number of carbonyl (C=O) groups is 5. The maximum atomic E-state index is 13.0. The summed E-state index contributed by atoms with van der Waals surface area (Å²) in [7, 11) is 0. The SMILES string of the molecule is NCc1ccc(CNC(=O)COc2cccc3c2C(=O)N(C2CCC(=O)NC2=O)C3=O)cc1. The molecule has 1 atom stereocenters. The standard InChI is InChI=1S/C23H22N4O6/c24-10-13-4-6-14(7-5-13)11-25-19(29)12-33-17-3-1-2-15-20(17)23(32)27(22(15)31)16-8-9-18(28)26-21(16)30/h1-7,16H,8-12,24H2,(H,25,29)(H,26,28,30). The van der Waals surface area contributed by atoms with E-state index < -0.39 is 35.6 Å². The molecule has 10 heteroatoms. The van der Waals surface area contributed by atoms with Crippen molar-refractivity contribution >= 4 is 29.5 Å². The van der Waals surface area contributed by atoms with Crippen LogP contribution in [0.5, 0.6) is 5.75 Å². The first kappa shape index (κ1) is 22.2. The number of nitrogens with one attached hydrogen (secondary N) is 2. The highest BCUT2D eigenvalue weighted by Crippen LogP contribution is 2.33. The zero-order valence-corrected chi connectivity index (χ0v) is 17.6. The van der Waals surface area contributed by atoms with Crippen molar-refractivity contribution in [3.63, 3.8) is 0 Å². The predicted octanol–water partition coefficient (Wildman–Crippen LogP) is 0.242. The molecule has 0 saturated carbocycles. The first-order valence-electron chi connectivity index (χ1n) is 10.4. The van der Waals surface area contributed by atoms with Gasteiger partial charge in [-0.25, -0.2) is 0 Å². The predicted molar refractivity (Wildman–Crippen MR) is 115 cm³/mol. The number of ether oxygens (including phenoxy) is 1. The van der Waals surface area contributed by atoms with Crippen LogP contribution >= 0.6 is 0 Å². The fraction of sp³-hybridized carbons (Fsp3) is 0.261. The van der Waals surface area contributed by atoms with E-state index in [-0.39, 0.29) is 36.3 Å². The molecule has 1 fully saturated rings. The molecular formula is C23H22N4O6. The van der Waals surface area contributed by atoms with Gasteiger partial charge in [-0.15, -0.1) is 0 Å². The molecule has 1 saturated heterocycles. The van der Waals surface area contributed by atoms with Crippen molar-refractivity contribution in [1.82, 2.24) is 15.5 Å². The van der Waals surface area contributed by atoms with Crippen LogP contribution in [0.25, 0.3) is 0 Å². The van der Waals surface area contributed by atoms with Gasteiger partial charge in [0.2, 0.25) is 11.8 Å². The first-order valence-corrected chi connectivity index (χ1v) is 10.4. The van der Waals surface area contributed by atoms with E-state index in [4.69, 9.17) is 10.5 Å². The number of amides is 5. The number of imide groups is 2. The highest BCUT2D eigenvalue weighted by Gasteiger charge is 2.46. The second-order valence-corrected chi connectivity index (χ2v) is 7.71. The summed E-state index contributed by atoms with van der Waals surface area (Å²) in [5, 5.41) is 4.87. The van der Waals surface area contributed by atoms with Gasteiger partial charge in [0.05, 0.1) is 11.1 Å². The molecule has 170 valence electrons. The van der Waals surface area contributed by atoms with Crippen molar-refractivity contribution in [1.29, 1.82) is 0 Å². The van der Waals surface area contributed by atoms with Crippen LogP contribution in [0.3, 0.4) is 0 Å². The quantitative estimate of drug-likeness (QED) is 0.512. The Morgan fingerprint density at radius 2 is 1.79 bits per heavy atom. The van der Waals surface area contributed by atoms with Crippen LogP contribution in [0, 0.1) is 0 Å². The number of piperidine rings is 1. The molecule has 2 aromatic carbocycles. The zero-order chi connectivity index (χ0) is 23.5. The lowest BCUT2D eigenvalue weighted by Gasteiger charge is -2.27. The van der Waals surface area contributed by atoms with Gasteiger partial charge in [0.25, 0.3) is 17.7 Å². The van der Waals surface area contributed by atoms with Gasteiger partial charge in [-0.3, -0.25) is 34.2 Å². The molecule has 2 aliphatic rings. The minimum atomic E-state index is -1.07. The van der Waals surface area contributed by atoms with E-state index in [1.54, 1.807) is 0 Å². The molecule has 10 nitrogen and oxygen atoms in total. The Bertz CT molecular complexity index is 1140. The van der Waals surface area contributed by atoms with Gasteiger partial charge in [0.15, 0.2) is 6.61 Å². The van der Waals surface area contributed by atoms with Gasteiger partial charge in [-0.2, -0.15) is 0 Å². The molecule has 4 rings (SSSR count). The summed E-state index contributed by atoms with van der Waals surface area (Å²) in [5.41, 5.74) is 7.53. The Morgan fingerprint density at radius 1 is 1.06 bits per heavy atom. The summed E-state index contributed by atoms with van der Waals surface area (Å²) in [6, 6.07) is 10.9. The molecule has 2 heterocycles. The number of carbonyl (C=O) groups excluding carboxylic acids is 5. The average Bonchev–Trinajstić information content (AvgIpc) is 3.07. The lowest BCUT2D eigenvalue weighted by atomic mass is 10.0. The number of rotatable bonds is 7. The molecule has 33 heavy (non-hydrogen) atoms. The molecule has 5 amide bonds. The van der Waals surface area contributed by atoms with E-state index in [1.807, 2.05) is 24.3 Å². The smallest absolute Gasteiger partial charge is 0.266 e. The van der Waals surface area contributed by atoms with E-state index in [2.05, 4.69) is 10.6 Å². The molecular weight excluding hydrogens is 428 g/mol. The van der Waals surface area contributed by atoms with Gasteiger partial charge in [0, 0.05) is 19.5 Å². The summed E-state index contributed by atoms with van der Waals surface area (Å²) < 4.78 is 5.55. The second kappa shape index (κ2) is 9.21. The Morgan fingerprint density at radius 3 is 2.48 bits per heavy atom.